The molecule has 0 aliphatic rings. The van der Waals surface area contributed by atoms with Crippen LogP contribution >= 0.6 is 39.0 Å². The number of para-hydroxylation sites is 1. The number of aromatic nitrogens is 4. The summed E-state index contributed by atoms with van der Waals surface area (Å²) in [6.07, 6.45) is 0. The minimum absolute atomic E-state index is 0.0700. The third-order valence-corrected chi connectivity index (χ3v) is 7.35. The summed E-state index contributed by atoms with van der Waals surface area (Å²) in [5.41, 5.74) is 2.86. The zero-order chi connectivity index (χ0) is 21.4. The average Bonchev–Trinajstić information content (AvgIpc) is 3.42. The number of ether oxygens (including phenoxy) is 1. The first kappa shape index (κ1) is 20.3. The van der Waals surface area contributed by atoms with Crippen LogP contribution in [0.1, 0.15) is 11.1 Å². The van der Waals surface area contributed by atoms with Crippen molar-refractivity contribution in [2.45, 2.75) is 17.5 Å². The SMILES string of the molecule is COc1ccccc1Cn1c(=O)c2sccc2n2c(SCc3cccc(Br)c3)nnc12. The normalized spacial score (nSPS) is 11.4. The van der Waals surface area contributed by atoms with Crippen molar-refractivity contribution in [3.63, 3.8) is 0 Å². The van der Waals surface area contributed by atoms with Gasteiger partial charge in [0.15, 0.2) is 5.16 Å². The minimum Gasteiger partial charge on any atom is -0.496 e. The van der Waals surface area contributed by atoms with Gasteiger partial charge in [-0.1, -0.05) is 58.0 Å². The summed E-state index contributed by atoms with van der Waals surface area (Å²) in [5, 5.41) is 11.5. The molecule has 0 N–H and O–H groups in total. The first-order valence-electron chi connectivity index (χ1n) is 9.50. The number of rotatable bonds is 6. The van der Waals surface area contributed by atoms with Gasteiger partial charge < -0.3 is 4.74 Å². The van der Waals surface area contributed by atoms with Gasteiger partial charge in [-0.3, -0.25) is 13.8 Å². The zero-order valence-electron chi connectivity index (χ0n) is 16.5. The molecule has 0 aliphatic carbocycles. The molecular weight excluding hydrogens is 496 g/mol. The maximum atomic E-state index is 13.3. The fourth-order valence-corrected chi connectivity index (χ4v) is 5.67. The highest BCUT2D eigenvalue weighted by Crippen LogP contribution is 2.28. The molecule has 9 heteroatoms. The molecule has 0 atom stereocenters. The minimum atomic E-state index is -0.0700. The topological polar surface area (TPSA) is 61.4 Å². The lowest BCUT2D eigenvalue weighted by Crippen LogP contribution is -2.23. The van der Waals surface area contributed by atoms with Crippen LogP contribution in [0.25, 0.3) is 16.0 Å². The average molecular weight is 513 g/mol. The van der Waals surface area contributed by atoms with Gasteiger partial charge in [-0.25, -0.2) is 0 Å². The van der Waals surface area contributed by atoms with Gasteiger partial charge in [0.25, 0.3) is 5.56 Å². The Balaban J connectivity index is 1.61. The number of fused-ring (bicyclic) bond motifs is 3. The van der Waals surface area contributed by atoms with E-state index in [9.17, 15) is 4.79 Å². The molecule has 0 unspecified atom stereocenters. The van der Waals surface area contributed by atoms with Crippen molar-refractivity contribution < 1.29 is 4.74 Å². The molecule has 0 saturated carbocycles. The van der Waals surface area contributed by atoms with Crippen LogP contribution in [0.2, 0.25) is 0 Å². The first-order chi connectivity index (χ1) is 15.2. The summed E-state index contributed by atoms with van der Waals surface area (Å²) in [4.78, 5) is 13.3. The molecule has 0 bridgehead atoms. The van der Waals surface area contributed by atoms with Gasteiger partial charge in [0.05, 0.1) is 19.2 Å². The summed E-state index contributed by atoms with van der Waals surface area (Å²) < 4.78 is 10.9. The lowest BCUT2D eigenvalue weighted by atomic mass is 10.2. The molecule has 0 spiro atoms. The van der Waals surface area contributed by atoms with Gasteiger partial charge in [0.2, 0.25) is 5.78 Å². The Bertz CT molecular complexity index is 1460. The molecule has 3 heterocycles. The van der Waals surface area contributed by atoms with E-state index >= 15 is 0 Å². The number of benzene rings is 2. The molecule has 5 aromatic rings. The van der Waals surface area contributed by atoms with E-state index in [1.807, 2.05) is 52.2 Å². The van der Waals surface area contributed by atoms with Crippen molar-refractivity contribution in [1.82, 2.24) is 19.2 Å². The molecule has 2 aromatic carbocycles. The molecule has 0 saturated heterocycles. The van der Waals surface area contributed by atoms with Crippen molar-refractivity contribution in [1.29, 1.82) is 0 Å². The third-order valence-electron chi connectivity index (χ3n) is 4.96. The largest absolute Gasteiger partial charge is 0.496 e. The quantitative estimate of drug-likeness (QED) is 0.292. The highest BCUT2D eigenvalue weighted by Gasteiger charge is 2.19. The molecule has 5 rings (SSSR count). The summed E-state index contributed by atoms with van der Waals surface area (Å²) in [6.45, 7) is 0.356. The van der Waals surface area contributed by atoms with Crippen LogP contribution in [0.15, 0.2) is 74.4 Å². The van der Waals surface area contributed by atoms with Crippen LogP contribution < -0.4 is 10.3 Å². The van der Waals surface area contributed by atoms with E-state index in [1.54, 1.807) is 23.4 Å². The van der Waals surface area contributed by atoms with Crippen molar-refractivity contribution in [3.8, 4) is 5.75 Å². The first-order valence-corrected chi connectivity index (χ1v) is 12.2. The van der Waals surface area contributed by atoms with Crippen LogP contribution in [0, 0.1) is 0 Å². The fourth-order valence-electron chi connectivity index (χ4n) is 3.51. The Kier molecular flexibility index (Phi) is 5.56. The fraction of sp³-hybridized carbons (Fsp3) is 0.136. The number of nitrogens with zero attached hydrogens (tertiary/aromatic N) is 4. The lowest BCUT2D eigenvalue weighted by molar-refractivity contribution is 0.408. The van der Waals surface area contributed by atoms with Gasteiger partial charge >= 0.3 is 0 Å². The molecule has 31 heavy (non-hydrogen) atoms. The summed E-state index contributed by atoms with van der Waals surface area (Å²) in [6, 6.07) is 17.9. The lowest BCUT2D eigenvalue weighted by Gasteiger charge is -2.12. The van der Waals surface area contributed by atoms with Crippen molar-refractivity contribution in [2.75, 3.05) is 7.11 Å². The Hall–Kier alpha value is -2.62. The second kappa shape index (κ2) is 8.49. The predicted molar refractivity (Wildman–Crippen MR) is 128 cm³/mol. The van der Waals surface area contributed by atoms with E-state index in [1.165, 1.54) is 16.9 Å². The summed E-state index contributed by atoms with van der Waals surface area (Å²) in [7, 11) is 1.63. The number of methoxy groups -OCH3 is 1. The molecule has 0 fully saturated rings. The van der Waals surface area contributed by atoms with Gasteiger partial charge in [-0.15, -0.1) is 21.5 Å². The van der Waals surface area contributed by atoms with Crippen LogP contribution in [0.4, 0.5) is 0 Å². The second-order valence-electron chi connectivity index (χ2n) is 6.87. The van der Waals surface area contributed by atoms with Crippen LogP contribution in [-0.2, 0) is 12.3 Å². The molecule has 0 radical (unpaired) electrons. The second-order valence-corrected chi connectivity index (χ2v) is 9.65. The Morgan fingerprint density at radius 1 is 1.13 bits per heavy atom. The summed E-state index contributed by atoms with van der Waals surface area (Å²) >= 11 is 6.55. The van der Waals surface area contributed by atoms with Crippen molar-refractivity contribution in [3.05, 3.63) is 85.9 Å². The maximum absolute atomic E-state index is 13.3. The van der Waals surface area contributed by atoms with Crippen LogP contribution in [0.5, 0.6) is 5.75 Å². The summed E-state index contributed by atoms with van der Waals surface area (Å²) in [5.74, 6) is 2.01. The monoisotopic (exact) mass is 512 g/mol. The van der Waals surface area contributed by atoms with Crippen LogP contribution in [0.3, 0.4) is 0 Å². The standard InChI is InChI=1S/C22H17BrN4O2S2/c1-29-18-8-3-2-6-15(18)12-26-20(28)19-17(9-10-30-19)27-21(26)24-25-22(27)31-13-14-5-4-7-16(23)11-14/h2-11H,12-13H2,1H3. The maximum Gasteiger partial charge on any atom is 0.273 e. The highest BCUT2D eigenvalue weighted by atomic mass is 79.9. The molecule has 3 aromatic heterocycles. The van der Waals surface area contributed by atoms with E-state index in [4.69, 9.17) is 4.74 Å². The van der Waals surface area contributed by atoms with E-state index in [0.717, 1.165) is 32.2 Å². The highest BCUT2D eigenvalue weighted by molar-refractivity contribution is 9.10. The molecule has 0 aliphatic heterocycles. The molecular formula is C22H17BrN4O2S2. The molecule has 156 valence electrons. The smallest absolute Gasteiger partial charge is 0.273 e. The van der Waals surface area contributed by atoms with Crippen molar-refractivity contribution in [2.24, 2.45) is 0 Å². The number of thiophene rings is 1. The number of hydrogen-bond donors (Lipinski definition) is 0. The van der Waals surface area contributed by atoms with E-state index in [-0.39, 0.29) is 5.56 Å². The van der Waals surface area contributed by atoms with Crippen LogP contribution in [-0.4, -0.2) is 26.3 Å². The molecule has 6 nitrogen and oxygen atoms in total. The Labute approximate surface area is 194 Å². The van der Waals surface area contributed by atoms with E-state index in [2.05, 4.69) is 38.3 Å². The Morgan fingerprint density at radius 3 is 2.84 bits per heavy atom. The van der Waals surface area contributed by atoms with Gasteiger partial charge in [0.1, 0.15) is 10.4 Å². The zero-order valence-corrected chi connectivity index (χ0v) is 19.7. The number of hydrogen-bond acceptors (Lipinski definition) is 6. The Morgan fingerprint density at radius 2 is 2.00 bits per heavy atom. The van der Waals surface area contributed by atoms with Gasteiger partial charge in [0, 0.05) is 15.8 Å². The van der Waals surface area contributed by atoms with Gasteiger partial charge in [-0.2, -0.15) is 0 Å². The van der Waals surface area contributed by atoms with E-state index < -0.39 is 0 Å². The van der Waals surface area contributed by atoms with Gasteiger partial charge in [-0.05, 0) is 35.2 Å². The third kappa shape index (κ3) is 3.77. The predicted octanol–water partition coefficient (Wildman–Crippen LogP) is 5.22. The number of thioether (sulfide) groups is 1. The number of halogens is 1. The van der Waals surface area contributed by atoms with Crippen molar-refractivity contribution >= 4 is 55.0 Å². The molecule has 0 amide bonds. The van der Waals surface area contributed by atoms with E-state index in [0.29, 0.717) is 17.0 Å².